The van der Waals surface area contributed by atoms with Crippen molar-refractivity contribution in [3.05, 3.63) is 29.3 Å². The summed E-state index contributed by atoms with van der Waals surface area (Å²) in [4.78, 5) is 21.9. The molecule has 0 aliphatic carbocycles. The van der Waals surface area contributed by atoms with Gasteiger partial charge in [0.2, 0.25) is 0 Å². The number of benzene rings is 1. The topological polar surface area (TPSA) is 75.6 Å². The molecule has 1 aliphatic heterocycles. The van der Waals surface area contributed by atoms with E-state index in [4.69, 9.17) is 9.84 Å². The van der Waals surface area contributed by atoms with E-state index in [2.05, 4.69) is 5.32 Å². The van der Waals surface area contributed by atoms with Crippen molar-refractivity contribution in [1.29, 1.82) is 0 Å². The van der Waals surface area contributed by atoms with Crippen molar-refractivity contribution in [3.63, 3.8) is 0 Å². The molecule has 1 heterocycles. The Morgan fingerprint density at radius 2 is 2.12 bits per heavy atom. The molecule has 0 saturated heterocycles. The van der Waals surface area contributed by atoms with Gasteiger partial charge in [-0.25, -0.2) is 9.59 Å². The van der Waals surface area contributed by atoms with E-state index in [0.717, 1.165) is 0 Å². The van der Waals surface area contributed by atoms with E-state index < -0.39 is 11.7 Å². The van der Waals surface area contributed by atoms with Crippen LogP contribution in [0.25, 0.3) is 0 Å². The van der Waals surface area contributed by atoms with Crippen molar-refractivity contribution in [2.45, 2.75) is 19.4 Å². The van der Waals surface area contributed by atoms with Crippen molar-refractivity contribution >= 4 is 17.7 Å². The predicted octanol–water partition coefficient (Wildman–Crippen LogP) is 2.18. The number of esters is 1. The molecule has 0 unspecified atom stereocenters. The molecule has 84 valence electrons. The third-order valence-corrected chi connectivity index (χ3v) is 2.49. The minimum atomic E-state index is -1.14. The molecule has 0 atom stereocenters. The van der Waals surface area contributed by atoms with Gasteiger partial charge in [0, 0.05) is 11.3 Å². The van der Waals surface area contributed by atoms with Gasteiger partial charge in [0.1, 0.15) is 5.60 Å². The maximum atomic E-state index is 11.5. The van der Waals surface area contributed by atoms with E-state index in [0.29, 0.717) is 16.8 Å². The van der Waals surface area contributed by atoms with Crippen LogP contribution in [0, 0.1) is 0 Å². The Bertz CT molecular complexity index is 479. The Balaban J connectivity index is 2.46. The summed E-state index contributed by atoms with van der Waals surface area (Å²) in [5.41, 5.74) is 0.908. The minimum absolute atomic E-state index is 0.373. The number of anilines is 1. The number of hydrogen-bond donors (Lipinski definition) is 2. The second-order valence-electron chi connectivity index (χ2n) is 4.09. The smallest absolute Gasteiger partial charge is 0.409 e. The summed E-state index contributed by atoms with van der Waals surface area (Å²) in [5.74, 6) is -0.373. The van der Waals surface area contributed by atoms with E-state index in [-0.39, 0.29) is 5.97 Å². The lowest BCUT2D eigenvalue weighted by Gasteiger charge is -2.17. The average Bonchev–Trinajstić information content (AvgIpc) is 2.36. The molecule has 0 aromatic heterocycles. The van der Waals surface area contributed by atoms with Crippen LogP contribution in [-0.4, -0.2) is 17.2 Å². The molecule has 0 radical (unpaired) electrons. The average molecular weight is 221 g/mol. The molecule has 1 aromatic carbocycles. The first-order chi connectivity index (χ1) is 7.40. The highest BCUT2D eigenvalue weighted by atomic mass is 16.6. The zero-order valence-electron chi connectivity index (χ0n) is 8.90. The van der Waals surface area contributed by atoms with E-state index in [1.54, 1.807) is 26.0 Å². The Morgan fingerprint density at radius 1 is 1.44 bits per heavy atom. The molecule has 0 bridgehead atoms. The number of carbonyl (C=O) groups is 2. The minimum Gasteiger partial charge on any atom is -0.465 e. The van der Waals surface area contributed by atoms with Crippen molar-refractivity contribution < 1.29 is 19.4 Å². The molecule has 1 amide bonds. The summed E-state index contributed by atoms with van der Waals surface area (Å²) >= 11 is 0. The van der Waals surface area contributed by atoms with Crippen LogP contribution < -0.4 is 5.32 Å². The van der Waals surface area contributed by atoms with Crippen molar-refractivity contribution in [1.82, 2.24) is 0 Å². The molecule has 0 spiro atoms. The molecule has 0 saturated carbocycles. The molecular formula is C11H11NO4. The fraction of sp³-hybridized carbons (Fsp3) is 0.273. The molecule has 2 N–H and O–H groups in total. The molecule has 5 nitrogen and oxygen atoms in total. The summed E-state index contributed by atoms with van der Waals surface area (Å²) < 4.78 is 5.16. The highest BCUT2D eigenvalue weighted by molar-refractivity contribution is 5.96. The summed E-state index contributed by atoms with van der Waals surface area (Å²) in [6, 6.07) is 4.72. The Hall–Kier alpha value is -2.04. The highest BCUT2D eigenvalue weighted by Crippen LogP contribution is 2.37. The van der Waals surface area contributed by atoms with E-state index in [1.165, 1.54) is 6.07 Å². The van der Waals surface area contributed by atoms with E-state index in [9.17, 15) is 9.59 Å². The predicted molar refractivity (Wildman–Crippen MR) is 56.5 cm³/mol. The number of fused-ring (bicyclic) bond motifs is 1. The lowest BCUT2D eigenvalue weighted by atomic mass is 9.95. The van der Waals surface area contributed by atoms with Crippen LogP contribution in [0.4, 0.5) is 10.5 Å². The van der Waals surface area contributed by atoms with Crippen LogP contribution >= 0.6 is 0 Å². The molecule has 0 fully saturated rings. The molecule has 16 heavy (non-hydrogen) atoms. The summed E-state index contributed by atoms with van der Waals surface area (Å²) in [5, 5.41) is 10.8. The van der Waals surface area contributed by atoms with E-state index in [1.807, 2.05) is 0 Å². The molecular weight excluding hydrogens is 210 g/mol. The summed E-state index contributed by atoms with van der Waals surface area (Å²) in [6.07, 6.45) is -1.14. The normalized spacial score (nSPS) is 16.5. The Labute approximate surface area is 92.0 Å². The SMILES string of the molecule is CC1(C)OC(=O)c2ccc(NC(=O)O)cc21. The second-order valence-corrected chi connectivity index (χ2v) is 4.09. The van der Waals surface area contributed by atoms with Gasteiger partial charge in [0.25, 0.3) is 0 Å². The maximum Gasteiger partial charge on any atom is 0.409 e. The zero-order chi connectivity index (χ0) is 11.9. The number of rotatable bonds is 1. The van der Waals surface area contributed by atoms with Crippen LogP contribution in [0.5, 0.6) is 0 Å². The lowest BCUT2D eigenvalue weighted by molar-refractivity contribution is 0.00954. The first-order valence-electron chi connectivity index (χ1n) is 4.78. The Morgan fingerprint density at radius 3 is 2.75 bits per heavy atom. The monoisotopic (exact) mass is 221 g/mol. The Kier molecular flexibility index (Phi) is 2.11. The number of cyclic esters (lactones) is 1. The van der Waals surface area contributed by atoms with Gasteiger partial charge in [-0.3, -0.25) is 5.32 Å². The fourth-order valence-corrected chi connectivity index (χ4v) is 1.76. The van der Waals surface area contributed by atoms with Gasteiger partial charge in [0.15, 0.2) is 0 Å². The third-order valence-electron chi connectivity index (χ3n) is 2.49. The molecule has 2 rings (SSSR count). The van der Waals surface area contributed by atoms with Gasteiger partial charge in [-0.1, -0.05) is 0 Å². The van der Waals surface area contributed by atoms with Crippen LogP contribution in [0.2, 0.25) is 0 Å². The first kappa shape index (κ1) is 10.5. The number of ether oxygens (including phenoxy) is 1. The van der Waals surface area contributed by atoms with Gasteiger partial charge in [0.05, 0.1) is 5.56 Å². The zero-order valence-corrected chi connectivity index (χ0v) is 8.90. The van der Waals surface area contributed by atoms with Crippen LogP contribution in [0.1, 0.15) is 29.8 Å². The summed E-state index contributed by atoms with van der Waals surface area (Å²) in [7, 11) is 0. The van der Waals surface area contributed by atoms with Crippen molar-refractivity contribution in [2.24, 2.45) is 0 Å². The molecule has 1 aromatic rings. The standard InChI is InChI=1S/C11H11NO4/c1-11(2)8-5-6(12-10(14)15)3-4-7(8)9(13)16-11/h3-5,12H,1-2H3,(H,14,15). The number of carboxylic acid groups (broad SMARTS) is 1. The van der Waals surface area contributed by atoms with Crippen LogP contribution in [0.3, 0.4) is 0 Å². The van der Waals surface area contributed by atoms with Crippen LogP contribution in [0.15, 0.2) is 18.2 Å². The molecule has 5 heteroatoms. The van der Waals surface area contributed by atoms with Gasteiger partial charge < -0.3 is 9.84 Å². The highest BCUT2D eigenvalue weighted by Gasteiger charge is 2.37. The number of hydrogen-bond acceptors (Lipinski definition) is 3. The van der Waals surface area contributed by atoms with Gasteiger partial charge in [-0.2, -0.15) is 0 Å². The maximum absolute atomic E-state index is 11.5. The van der Waals surface area contributed by atoms with E-state index >= 15 is 0 Å². The second kappa shape index (κ2) is 3.23. The number of nitrogens with one attached hydrogen (secondary N) is 1. The lowest BCUT2D eigenvalue weighted by Crippen LogP contribution is -2.16. The fourth-order valence-electron chi connectivity index (χ4n) is 1.76. The van der Waals surface area contributed by atoms with Crippen molar-refractivity contribution in [3.8, 4) is 0 Å². The summed E-state index contributed by atoms with van der Waals surface area (Å²) in [6.45, 7) is 3.53. The van der Waals surface area contributed by atoms with Crippen LogP contribution in [-0.2, 0) is 10.3 Å². The largest absolute Gasteiger partial charge is 0.465 e. The quantitative estimate of drug-likeness (QED) is 0.712. The molecule has 1 aliphatic rings. The van der Waals surface area contributed by atoms with Gasteiger partial charge in [-0.15, -0.1) is 0 Å². The third kappa shape index (κ3) is 1.60. The van der Waals surface area contributed by atoms with Crippen molar-refractivity contribution in [2.75, 3.05) is 5.32 Å². The number of carbonyl (C=O) groups excluding carboxylic acids is 1. The first-order valence-corrected chi connectivity index (χ1v) is 4.78. The van der Waals surface area contributed by atoms with Gasteiger partial charge in [-0.05, 0) is 32.0 Å². The van der Waals surface area contributed by atoms with Gasteiger partial charge >= 0.3 is 12.1 Å². The number of amides is 1.